The summed E-state index contributed by atoms with van der Waals surface area (Å²) in [5, 5.41) is 9.04. The zero-order chi connectivity index (χ0) is 22.2. The van der Waals surface area contributed by atoms with E-state index in [1.807, 2.05) is 30.1 Å². The van der Waals surface area contributed by atoms with E-state index in [4.69, 9.17) is 17.3 Å². The number of rotatable bonds is 6. The van der Waals surface area contributed by atoms with Gasteiger partial charge in [-0.15, -0.1) is 0 Å². The van der Waals surface area contributed by atoms with Crippen molar-refractivity contribution in [2.45, 2.75) is 19.0 Å². The molecule has 4 aromatic rings. The molecule has 0 unspecified atom stereocenters. The first-order valence-electron chi connectivity index (χ1n) is 10.5. The minimum Gasteiger partial charge on any atom is -0.330 e. The van der Waals surface area contributed by atoms with Crippen molar-refractivity contribution in [3.8, 4) is 22.4 Å². The summed E-state index contributed by atoms with van der Waals surface area (Å²) in [6.07, 6.45) is 2.35. The van der Waals surface area contributed by atoms with E-state index in [1.54, 1.807) is 22.2 Å². The van der Waals surface area contributed by atoms with Crippen LogP contribution in [0, 0.1) is 0 Å². The second-order valence-corrected chi connectivity index (χ2v) is 9.26. The highest BCUT2D eigenvalue weighted by Gasteiger charge is 2.32. The van der Waals surface area contributed by atoms with Crippen LogP contribution in [0.2, 0.25) is 5.02 Å². The molecule has 3 heterocycles. The van der Waals surface area contributed by atoms with Gasteiger partial charge in [-0.05, 0) is 57.6 Å². The van der Waals surface area contributed by atoms with Gasteiger partial charge >= 0.3 is 0 Å². The van der Waals surface area contributed by atoms with Gasteiger partial charge in [-0.25, -0.2) is 0 Å². The van der Waals surface area contributed by atoms with Gasteiger partial charge in [0.15, 0.2) is 0 Å². The zero-order valence-electron chi connectivity index (χ0n) is 17.7. The summed E-state index contributed by atoms with van der Waals surface area (Å²) in [5.41, 5.74) is 13.3. The molecule has 2 aromatic carbocycles. The summed E-state index contributed by atoms with van der Waals surface area (Å²) >= 11 is 8.01. The summed E-state index contributed by atoms with van der Waals surface area (Å²) in [7, 11) is 1.86. The van der Waals surface area contributed by atoms with Crippen LogP contribution in [0.3, 0.4) is 0 Å². The molecule has 5 nitrogen and oxygen atoms in total. The van der Waals surface area contributed by atoms with Gasteiger partial charge in [0, 0.05) is 37.3 Å². The minimum absolute atomic E-state index is 0.0343. The molecule has 0 saturated carbocycles. The lowest BCUT2D eigenvalue weighted by atomic mass is 10.00. The highest BCUT2D eigenvalue weighted by atomic mass is 35.5. The van der Waals surface area contributed by atoms with Gasteiger partial charge < -0.3 is 10.6 Å². The van der Waals surface area contributed by atoms with Gasteiger partial charge in [0.1, 0.15) is 0 Å². The van der Waals surface area contributed by atoms with Crippen molar-refractivity contribution in [1.82, 2.24) is 14.7 Å². The number of nitrogens with zero attached hydrogens (tertiary/aromatic N) is 3. The highest BCUT2D eigenvalue weighted by Crippen LogP contribution is 2.33. The lowest BCUT2D eigenvalue weighted by Crippen LogP contribution is -2.42. The molecule has 0 spiro atoms. The van der Waals surface area contributed by atoms with Gasteiger partial charge in [0.05, 0.1) is 16.9 Å². The number of hydrogen-bond donors (Lipinski definition) is 1. The topological polar surface area (TPSA) is 64.2 Å². The third-order valence-corrected chi connectivity index (χ3v) is 7.03. The van der Waals surface area contributed by atoms with Crippen molar-refractivity contribution in [1.29, 1.82) is 0 Å². The van der Waals surface area contributed by atoms with Crippen LogP contribution in [0.1, 0.15) is 21.5 Å². The maximum Gasteiger partial charge on any atom is 0.254 e. The first kappa shape index (κ1) is 20.9. The third-order valence-electron chi connectivity index (χ3n) is 6.07. The average Bonchev–Trinajstić information content (AvgIpc) is 3.52. The van der Waals surface area contributed by atoms with E-state index in [-0.39, 0.29) is 11.9 Å². The van der Waals surface area contributed by atoms with Gasteiger partial charge in [-0.1, -0.05) is 41.9 Å². The number of amides is 1. The van der Waals surface area contributed by atoms with E-state index >= 15 is 0 Å². The van der Waals surface area contributed by atoms with Crippen LogP contribution in [0.25, 0.3) is 22.4 Å². The first-order valence-corrected chi connectivity index (χ1v) is 11.8. The predicted molar refractivity (Wildman–Crippen MR) is 130 cm³/mol. The Morgan fingerprint density at radius 3 is 2.75 bits per heavy atom. The number of hydrogen-bond acceptors (Lipinski definition) is 4. The van der Waals surface area contributed by atoms with Crippen molar-refractivity contribution < 1.29 is 4.79 Å². The molecule has 32 heavy (non-hydrogen) atoms. The smallest absolute Gasteiger partial charge is 0.254 e. The number of halogens is 1. The van der Waals surface area contributed by atoms with Gasteiger partial charge in [-0.2, -0.15) is 16.4 Å². The number of fused-ring (bicyclic) bond motifs is 1. The Morgan fingerprint density at radius 2 is 2.03 bits per heavy atom. The fourth-order valence-corrected chi connectivity index (χ4v) is 5.36. The summed E-state index contributed by atoms with van der Waals surface area (Å²) in [6.45, 7) is 0.951. The SMILES string of the molecule is Cn1ncc(Cl)c1-c1ccc2c(c1)CN([C@H](CN)Cc1cccc(-c3ccsc3)c1)C2=O. The lowest BCUT2D eigenvalue weighted by Gasteiger charge is -2.27. The second kappa shape index (κ2) is 8.54. The summed E-state index contributed by atoms with van der Waals surface area (Å²) in [4.78, 5) is 15.1. The standard InChI is InChI=1S/C25H23ClN4OS/c1-29-24(23(26)13-28-29)18-5-6-22-20(11-18)14-30(25(22)31)21(12-27)10-16-3-2-4-17(9-16)19-7-8-32-15-19/h2-9,11,13,15,21H,10,12,14,27H2,1H3/t21-/m0/s1. The van der Waals surface area contributed by atoms with E-state index in [0.29, 0.717) is 24.5 Å². The molecule has 5 rings (SSSR count). The molecule has 0 fully saturated rings. The fraction of sp³-hybridized carbons (Fsp3) is 0.200. The molecule has 2 aromatic heterocycles. The Bertz CT molecular complexity index is 1260. The Hall–Kier alpha value is -2.93. The fourth-order valence-electron chi connectivity index (χ4n) is 4.42. The van der Waals surface area contributed by atoms with E-state index in [9.17, 15) is 4.79 Å². The van der Waals surface area contributed by atoms with Crippen molar-refractivity contribution in [2.75, 3.05) is 6.54 Å². The number of aromatic nitrogens is 2. The van der Waals surface area contributed by atoms with Crippen LogP contribution in [0.4, 0.5) is 0 Å². The van der Waals surface area contributed by atoms with Crippen molar-refractivity contribution in [3.63, 3.8) is 0 Å². The van der Waals surface area contributed by atoms with Gasteiger partial charge in [0.25, 0.3) is 5.91 Å². The molecule has 1 amide bonds. The number of carbonyl (C=O) groups excluding carboxylic acids is 1. The molecular formula is C25H23ClN4OS. The van der Waals surface area contributed by atoms with Gasteiger partial charge in [0.2, 0.25) is 0 Å². The Labute approximate surface area is 196 Å². The lowest BCUT2D eigenvalue weighted by molar-refractivity contribution is 0.0708. The molecule has 0 saturated heterocycles. The Morgan fingerprint density at radius 1 is 1.16 bits per heavy atom. The maximum absolute atomic E-state index is 13.2. The largest absolute Gasteiger partial charge is 0.330 e. The molecule has 7 heteroatoms. The molecule has 1 atom stereocenters. The first-order chi connectivity index (χ1) is 15.5. The summed E-state index contributed by atoms with van der Waals surface area (Å²) in [5.74, 6) is 0.0343. The number of carbonyl (C=O) groups is 1. The second-order valence-electron chi connectivity index (χ2n) is 8.08. The number of aryl methyl sites for hydroxylation is 1. The van der Waals surface area contributed by atoms with Crippen LogP contribution >= 0.6 is 22.9 Å². The van der Waals surface area contributed by atoms with E-state index < -0.39 is 0 Å². The van der Waals surface area contributed by atoms with E-state index in [2.05, 4.69) is 46.2 Å². The number of nitrogens with two attached hydrogens (primary N) is 1. The van der Waals surface area contributed by atoms with Crippen LogP contribution in [-0.2, 0) is 20.0 Å². The van der Waals surface area contributed by atoms with E-state index in [1.165, 1.54) is 16.7 Å². The van der Waals surface area contributed by atoms with E-state index in [0.717, 1.165) is 22.4 Å². The van der Waals surface area contributed by atoms with Gasteiger partial charge in [-0.3, -0.25) is 9.48 Å². The number of benzene rings is 2. The molecule has 0 aliphatic carbocycles. The van der Waals surface area contributed by atoms with Crippen molar-refractivity contribution >= 4 is 28.8 Å². The molecule has 2 N–H and O–H groups in total. The Kier molecular flexibility index (Phi) is 5.59. The minimum atomic E-state index is -0.0728. The molecule has 162 valence electrons. The van der Waals surface area contributed by atoms with Crippen LogP contribution < -0.4 is 5.73 Å². The molecule has 0 radical (unpaired) electrons. The maximum atomic E-state index is 13.2. The van der Waals surface area contributed by atoms with Crippen molar-refractivity contribution in [2.24, 2.45) is 12.8 Å². The van der Waals surface area contributed by atoms with Crippen LogP contribution in [0.15, 0.2) is 65.5 Å². The summed E-state index contributed by atoms with van der Waals surface area (Å²) < 4.78 is 1.75. The van der Waals surface area contributed by atoms with Crippen LogP contribution in [0.5, 0.6) is 0 Å². The summed E-state index contributed by atoms with van der Waals surface area (Å²) in [6, 6.07) is 16.4. The normalized spacial score (nSPS) is 14.1. The highest BCUT2D eigenvalue weighted by molar-refractivity contribution is 7.08. The van der Waals surface area contributed by atoms with Crippen molar-refractivity contribution in [3.05, 3.63) is 87.2 Å². The Balaban J connectivity index is 1.39. The number of thiophene rings is 1. The molecule has 0 bridgehead atoms. The molecule has 1 aliphatic heterocycles. The quantitative estimate of drug-likeness (QED) is 0.438. The molecular weight excluding hydrogens is 440 g/mol. The zero-order valence-corrected chi connectivity index (χ0v) is 19.2. The predicted octanol–water partition coefficient (Wildman–Crippen LogP) is 4.99. The monoisotopic (exact) mass is 462 g/mol. The third kappa shape index (κ3) is 3.75. The average molecular weight is 463 g/mol. The van der Waals surface area contributed by atoms with Crippen LogP contribution in [-0.4, -0.2) is 33.2 Å². The molecule has 1 aliphatic rings.